The fraction of sp³-hybridized carbons (Fsp3) is 1.00. The van der Waals surface area contributed by atoms with Gasteiger partial charge in [0.1, 0.15) is 0 Å². The monoisotopic (exact) mass is 606 g/mol. The van der Waals surface area contributed by atoms with Crippen molar-refractivity contribution < 1.29 is 79.0 Å². The number of rotatable bonds is 8. The van der Waals surface area contributed by atoms with E-state index in [9.17, 15) is 79.0 Å². The smallest absolute Gasteiger partial charge is 0.200 e. The predicted octanol–water partition coefficient (Wildman–Crippen LogP) is 7.51. The van der Waals surface area contributed by atoms with Crippen LogP contribution in [-0.4, -0.2) is 51.8 Å². The van der Waals surface area contributed by atoms with Crippen LogP contribution in [0.5, 0.6) is 0 Å². The van der Waals surface area contributed by atoms with Crippen molar-refractivity contribution in [2.45, 2.75) is 64.7 Å². The van der Waals surface area contributed by atoms with Crippen LogP contribution in [0.3, 0.4) is 0 Å². The first-order valence-corrected chi connectivity index (χ1v) is 7.89. The van der Waals surface area contributed by atoms with Crippen LogP contribution >= 0.6 is 22.6 Å². The minimum atomic E-state index is -7.45. The third-order valence-corrected chi connectivity index (χ3v) is 4.26. The zero-order valence-electron chi connectivity index (χ0n) is 13.2. The molecule has 0 spiro atoms. The fourth-order valence-electron chi connectivity index (χ4n) is 1.70. The fourth-order valence-corrected chi connectivity index (χ4v) is 2.81. The third-order valence-electron chi connectivity index (χ3n) is 3.38. The molecular formula is C11H5F18I. The summed E-state index contributed by atoms with van der Waals surface area (Å²) in [6.07, 6.45) is -20.9. The molecule has 0 nitrogen and oxygen atoms in total. The Kier molecular flexibility index (Phi) is 7.67. The second-order valence-electron chi connectivity index (χ2n) is 5.71. The number of hydrogen-bond donors (Lipinski definition) is 0. The van der Waals surface area contributed by atoms with E-state index in [1.165, 1.54) is 0 Å². The van der Waals surface area contributed by atoms with Gasteiger partial charge in [0.25, 0.3) is 0 Å². The number of alkyl halides is 19. The Balaban J connectivity index is 5.80. The van der Waals surface area contributed by atoms with Gasteiger partial charge in [0.05, 0.1) is 0 Å². The average Bonchev–Trinajstić information content (AvgIpc) is 2.42. The maximum atomic E-state index is 13.3. The largest absolute Gasteiger partial charge is 0.460 e. The summed E-state index contributed by atoms with van der Waals surface area (Å²) in [5.74, 6) is -42.6. The van der Waals surface area contributed by atoms with Gasteiger partial charge in [-0.3, -0.25) is 0 Å². The van der Waals surface area contributed by atoms with Crippen LogP contribution in [-0.2, 0) is 0 Å². The summed E-state index contributed by atoms with van der Waals surface area (Å²) in [6.45, 7) is 0. The van der Waals surface area contributed by atoms with Crippen molar-refractivity contribution in [3.8, 4) is 0 Å². The van der Waals surface area contributed by atoms with Crippen LogP contribution in [0.15, 0.2) is 0 Å². The summed E-state index contributed by atoms with van der Waals surface area (Å²) < 4.78 is 224. The van der Waals surface area contributed by atoms with Gasteiger partial charge in [-0.2, -0.15) is 79.0 Å². The van der Waals surface area contributed by atoms with E-state index in [1.807, 2.05) is 0 Å². The van der Waals surface area contributed by atoms with Crippen LogP contribution in [0.1, 0.15) is 12.8 Å². The van der Waals surface area contributed by atoms with E-state index in [2.05, 4.69) is 0 Å². The van der Waals surface area contributed by atoms with E-state index in [1.54, 1.807) is 0 Å². The second kappa shape index (κ2) is 7.80. The summed E-state index contributed by atoms with van der Waals surface area (Å²) in [4.78, 5) is 0. The molecule has 0 unspecified atom stereocenters. The Hall–Kier alpha value is -0.530. The molecule has 30 heavy (non-hydrogen) atoms. The van der Waals surface area contributed by atoms with Crippen molar-refractivity contribution in [3.05, 3.63) is 0 Å². The van der Waals surface area contributed by atoms with Gasteiger partial charge in [0.15, 0.2) is 0 Å². The first-order chi connectivity index (χ1) is 12.6. The van der Waals surface area contributed by atoms with Gasteiger partial charge < -0.3 is 0 Å². The number of hydrogen-bond acceptors (Lipinski definition) is 0. The SMILES string of the molecule is FC(F)(F)C(F)(F)C(F)(F)C(F)(F)CC(I)CC(F)(F)C(F)(F)C(F)(F)C(F)(F)F. The standard InChI is InChI=1S/C11H5F18I/c12-4(13,6(16,17)8(20,21)10(24,25)26)1-3(30)2-5(14,15)7(18,19)9(22,23)11(27,28)29/h3H,1-2H2. The molecule has 0 aliphatic carbocycles. The highest BCUT2D eigenvalue weighted by molar-refractivity contribution is 14.1. The van der Waals surface area contributed by atoms with Crippen LogP contribution in [0, 0.1) is 0 Å². The van der Waals surface area contributed by atoms with Gasteiger partial charge >= 0.3 is 47.9 Å². The molecule has 0 rings (SSSR count). The molecule has 0 aromatic heterocycles. The highest BCUT2D eigenvalue weighted by Crippen LogP contribution is 2.57. The molecule has 0 aliphatic heterocycles. The molecule has 0 bridgehead atoms. The number of halogens is 19. The second-order valence-corrected chi connectivity index (χ2v) is 7.47. The Bertz CT molecular complexity index is 546. The maximum Gasteiger partial charge on any atom is 0.460 e. The Morgan fingerprint density at radius 3 is 0.767 bits per heavy atom. The maximum absolute atomic E-state index is 13.3. The molecule has 0 aliphatic rings. The minimum absolute atomic E-state index is 0.0913. The van der Waals surface area contributed by atoms with Gasteiger partial charge in [0.2, 0.25) is 0 Å². The van der Waals surface area contributed by atoms with Crippen molar-refractivity contribution in [2.75, 3.05) is 0 Å². The van der Waals surface area contributed by atoms with Crippen LogP contribution in [0.4, 0.5) is 79.0 Å². The summed E-state index contributed by atoms with van der Waals surface area (Å²) in [5.41, 5.74) is 0. The third kappa shape index (κ3) is 4.78. The molecule has 0 aromatic carbocycles. The molecule has 0 saturated carbocycles. The molecule has 0 atom stereocenters. The van der Waals surface area contributed by atoms with Gasteiger partial charge in [0, 0.05) is 16.8 Å². The predicted molar refractivity (Wildman–Crippen MR) is 68.8 cm³/mol. The highest BCUT2D eigenvalue weighted by Gasteiger charge is 2.83. The zero-order valence-corrected chi connectivity index (χ0v) is 15.3. The van der Waals surface area contributed by atoms with Gasteiger partial charge in [-0.25, -0.2) is 0 Å². The first-order valence-electron chi connectivity index (χ1n) is 6.64. The lowest BCUT2D eigenvalue weighted by molar-refractivity contribution is -0.400. The van der Waals surface area contributed by atoms with Crippen LogP contribution < -0.4 is 0 Å². The van der Waals surface area contributed by atoms with E-state index in [-0.39, 0.29) is 22.6 Å². The quantitative estimate of drug-likeness (QED) is 0.153. The van der Waals surface area contributed by atoms with Gasteiger partial charge in [-0.1, -0.05) is 22.6 Å². The molecule has 0 radical (unpaired) electrons. The topological polar surface area (TPSA) is 0 Å². The van der Waals surface area contributed by atoms with Crippen molar-refractivity contribution >= 4 is 22.6 Å². The van der Waals surface area contributed by atoms with Crippen LogP contribution in [0.2, 0.25) is 0 Å². The van der Waals surface area contributed by atoms with E-state index < -0.39 is 64.7 Å². The molecule has 0 heterocycles. The van der Waals surface area contributed by atoms with E-state index >= 15 is 0 Å². The molecule has 0 fully saturated rings. The van der Waals surface area contributed by atoms with Gasteiger partial charge in [-0.05, 0) is 0 Å². The van der Waals surface area contributed by atoms with E-state index in [0.717, 1.165) is 0 Å². The molecule has 0 amide bonds. The molecule has 0 N–H and O–H groups in total. The molecule has 0 saturated heterocycles. The first kappa shape index (κ1) is 29.5. The minimum Gasteiger partial charge on any atom is -0.200 e. The summed E-state index contributed by atoms with van der Waals surface area (Å²) in [5, 5.41) is 0. The molecular weight excluding hydrogens is 601 g/mol. The lowest BCUT2D eigenvalue weighted by atomic mass is 9.94. The average molecular weight is 606 g/mol. The highest BCUT2D eigenvalue weighted by atomic mass is 127. The van der Waals surface area contributed by atoms with Crippen molar-refractivity contribution in [1.29, 1.82) is 0 Å². The Morgan fingerprint density at radius 1 is 0.400 bits per heavy atom. The Morgan fingerprint density at radius 2 is 0.600 bits per heavy atom. The Labute approximate surface area is 167 Å². The van der Waals surface area contributed by atoms with Crippen molar-refractivity contribution in [1.82, 2.24) is 0 Å². The lowest BCUT2D eigenvalue weighted by Crippen LogP contribution is -2.62. The van der Waals surface area contributed by atoms with Crippen molar-refractivity contribution in [2.24, 2.45) is 0 Å². The normalized spacial score (nSPS) is 16.4. The van der Waals surface area contributed by atoms with Crippen LogP contribution in [0.25, 0.3) is 0 Å². The lowest BCUT2D eigenvalue weighted by Gasteiger charge is -2.36. The molecule has 182 valence electrons. The molecule has 19 heteroatoms. The zero-order chi connectivity index (χ0) is 25.0. The summed E-state index contributed by atoms with van der Waals surface area (Å²) in [7, 11) is 0. The van der Waals surface area contributed by atoms with Gasteiger partial charge in [-0.15, -0.1) is 0 Å². The van der Waals surface area contributed by atoms with E-state index in [0.29, 0.717) is 0 Å². The van der Waals surface area contributed by atoms with Crippen molar-refractivity contribution in [3.63, 3.8) is 0 Å². The summed E-state index contributed by atoms with van der Waals surface area (Å²) in [6, 6.07) is 0. The summed E-state index contributed by atoms with van der Waals surface area (Å²) >= 11 is 0.0913. The molecule has 0 aromatic rings. The van der Waals surface area contributed by atoms with E-state index in [4.69, 9.17) is 0 Å².